The number of hydrogen-bond acceptors (Lipinski definition) is 4. The molecule has 0 bridgehead atoms. The Morgan fingerprint density at radius 1 is 1.54 bits per heavy atom. The number of nitrogens with zero attached hydrogens (tertiary/aromatic N) is 2. The Hall–Kier alpha value is -1.79. The van der Waals surface area contributed by atoms with Crippen LogP contribution in [0.1, 0.15) is 12.0 Å². The first kappa shape index (κ1) is 9.30. The smallest absolute Gasteiger partial charge is 0.362 e. The number of halogens is 2. The van der Waals surface area contributed by atoms with Crippen molar-refractivity contribution in [3.05, 3.63) is 27.8 Å². The Bertz CT molecular complexity index is 343. The fourth-order valence-electron chi connectivity index (χ4n) is 0.761. The van der Waals surface area contributed by atoms with Crippen LogP contribution in [-0.2, 0) is 0 Å². The molecule has 0 saturated carbocycles. The summed E-state index contributed by atoms with van der Waals surface area (Å²) in [7, 11) is 0. The highest BCUT2D eigenvalue weighted by molar-refractivity contribution is 5.44. The van der Waals surface area contributed by atoms with Gasteiger partial charge in [-0.15, -0.1) is 0 Å². The molecular formula is C6H5F2N3O2. The van der Waals surface area contributed by atoms with Gasteiger partial charge in [-0.05, 0) is 16.0 Å². The summed E-state index contributed by atoms with van der Waals surface area (Å²) in [4.78, 5) is 12.5. The molecule has 0 unspecified atom stereocenters. The van der Waals surface area contributed by atoms with E-state index in [1.54, 1.807) is 0 Å². The number of hydrogen-bond donors (Lipinski definition) is 1. The molecule has 70 valence electrons. The molecule has 0 spiro atoms. The quantitative estimate of drug-likeness (QED) is 0.564. The molecule has 13 heavy (non-hydrogen) atoms. The molecule has 0 aliphatic rings. The van der Waals surface area contributed by atoms with Gasteiger partial charge in [-0.1, -0.05) is 0 Å². The molecule has 0 saturated heterocycles. The van der Waals surface area contributed by atoms with E-state index in [2.05, 4.69) is 4.98 Å². The molecule has 1 aromatic rings. The maximum atomic E-state index is 12.1. The van der Waals surface area contributed by atoms with Crippen LogP contribution in [0.5, 0.6) is 0 Å². The Balaban J connectivity index is 3.13. The van der Waals surface area contributed by atoms with Crippen molar-refractivity contribution in [2.45, 2.75) is 6.43 Å². The first-order chi connectivity index (χ1) is 6.02. The molecule has 1 rings (SSSR count). The minimum absolute atomic E-state index is 0.495. The minimum atomic E-state index is -2.77. The van der Waals surface area contributed by atoms with E-state index < -0.39 is 28.5 Å². The van der Waals surface area contributed by atoms with Crippen LogP contribution in [0.3, 0.4) is 0 Å². The van der Waals surface area contributed by atoms with Gasteiger partial charge in [0, 0.05) is 6.07 Å². The monoisotopic (exact) mass is 189 g/mol. The van der Waals surface area contributed by atoms with Crippen molar-refractivity contribution in [3.8, 4) is 0 Å². The van der Waals surface area contributed by atoms with Crippen molar-refractivity contribution in [1.29, 1.82) is 0 Å². The number of nitrogen functional groups attached to an aromatic ring is 1. The molecule has 0 atom stereocenters. The third-order valence-electron chi connectivity index (χ3n) is 1.36. The standard InChI is InChI=1S/C6H5F2N3O2/c7-5(8)3-1-2-4(11(12)13)10-6(3)9/h1-2,5H,(H2,9,10). The van der Waals surface area contributed by atoms with E-state index in [9.17, 15) is 18.9 Å². The number of nitro groups is 1. The zero-order valence-electron chi connectivity index (χ0n) is 6.28. The molecule has 1 aromatic heterocycles. The summed E-state index contributed by atoms with van der Waals surface area (Å²) in [6, 6.07) is 1.78. The zero-order chi connectivity index (χ0) is 10.0. The Morgan fingerprint density at radius 2 is 2.15 bits per heavy atom. The van der Waals surface area contributed by atoms with Crippen LogP contribution < -0.4 is 5.73 Å². The van der Waals surface area contributed by atoms with Gasteiger partial charge in [0.05, 0.1) is 5.56 Å². The summed E-state index contributed by atoms with van der Waals surface area (Å²) in [5.74, 6) is -1.05. The molecule has 1 heterocycles. The average Bonchev–Trinajstić information content (AvgIpc) is 2.03. The van der Waals surface area contributed by atoms with Crippen molar-refractivity contribution >= 4 is 11.6 Å². The first-order valence-corrected chi connectivity index (χ1v) is 3.21. The van der Waals surface area contributed by atoms with Gasteiger partial charge < -0.3 is 15.8 Å². The lowest BCUT2D eigenvalue weighted by Gasteiger charge is -1.99. The van der Waals surface area contributed by atoms with Crippen molar-refractivity contribution in [2.24, 2.45) is 0 Å². The van der Waals surface area contributed by atoms with Crippen LogP contribution in [-0.4, -0.2) is 9.91 Å². The SMILES string of the molecule is Nc1nc([N+](=O)[O-])ccc1C(F)F. The molecule has 0 aliphatic heterocycles. The van der Waals surface area contributed by atoms with Crippen molar-refractivity contribution in [2.75, 3.05) is 5.73 Å². The van der Waals surface area contributed by atoms with E-state index in [1.807, 2.05) is 0 Å². The number of alkyl halides is 2. The summed E-state index contributed by atoms with van der Waals surface area (Å²) in [6.45, 7) is 0. The van der Waals surface area contributed by atoms with Crippen LogP contribution in [0, 0.1) is 10.1 Å². The number of pyridine rings is 1. The van der Waals surface area contributed by atoms with Crippen LogP contribution in [0.4, 0.5) is 20.4 Å². The largest absolute Gasteiger partial charge is 0.365 e. The number of rotatable bonds is 2. The highest BCUT2D eigenvalue weighted by Gasteiger charge is 2.18. The Morgan fingerprint density at radius 3 is 2.54 bits per heavy atom. The van der Waals surface area contributed by atoms with Crippen molar-refractivity contribution in [1.82, 2.24) is 4.98 Å². The second kappa shape index (κ2) is 3.30. The van der Waals surface area contributed by atoms with E-state index in [1.165, 1.54) is 0 Å². The van der Waals surface area contributed by atoms with E-state index in [4.69, 9.17) is 5.73 Å². The van der Waals surface area contributed by atoms with Gasteiger partial charge >= 0.3 is 5.82 Å². The normalized spacial score (nSPS) is 10.4. The summed E-state index contributed by atoms with van der Waals surface area (Å²) in [5.41, 5.74) is 4.57. The van der Waals surface area contributed by atoms with Gasteiger partial charge in [-0.2, -0.15) is 0 Å². The van der Waals surface area contributed by atoms with E-state index in [0.717, 1.165) is 12.1 Å². The molecule has 7 heteroatoms. The second-order valence-electron chi connectivity index (χ2n) is 2.20. The molecule has 5 nitrogen and oxygen atoms in total. The topological polar surface area (TPSA) is 82.0 Å². The molecular weight excluding hydrogens is 184 g/mol. The number of nitrogens with two attached hydrogens (primary N) is 1. The predicted molar refractivity (Wildman–Crippen MR) is 40.3 cm³/mol. The highest BCUT2D eigenvalue weighted by Crippen LogP contribution is 2.24. The highest BCUT2D eigenvalue weighted by atomic mass is 19.3. The Labute approximate surface area is 71.3 Å². The van der Waals surface area contributed by atoms with Crippen LogP contribution in [0.15, 0.2) is 12.1 Å². The van der Waals surface area contributed by atoms with Gasteiger partial charge in [0.2, 0.25) is 5.82 Å². The van der Waals surface area contributed by atoms with Gasteiger partial charge in [0.25, 0.3) is 6.43 Å². The molecule has 0 aliphatic carbocycles. The number of anilines is 1. The summed E-state index contributed by atoms with van der Waals surface area (Å²) in [6.07, 6.45) is -2.77. The molecule has 0 aromatic carbocycles. The minimum Gasteiger partial charge on any atom is -0.362 e. The average molecular weight is 189 g/mol. The van der Waals surface area contributed by atoms with Gasteiger partial charge in [0.1, 0.15) is 0 Å². The van der Waals surface area contributed by atoms with Gasteiger partial charge in [0.15, 0.2) is 0 Å². The first-order valence-electron chi connectivity index (χ1n) is 3.21. The van der Waals surface area contributed by atoms with Crippen LogP contribution >= 0.6 is 0 Å². The van der Waals surface area contributed by atoms with Crippen molar-refractivity contribution in [3.63, 3.8) is 0 Å². The fourth-order valence-corrected chi connectivity index (χ4v) is 0.761. The lowest BCUT2D eigenvalue weighted by Crippen LogP contribution is -2.01. The van der Waals surface area contributed by atoms with E-state index in [-0.39, 0.29) is 0 Å². The third-order valence-corrected chi connectivity index (χ3v) is 1.36. The number of aromatic nitrogens is 1. The van der Waals surface area contributed by atoms with Gasteiger partial charge in [-0.25, -0.2) is 8.78 Å². The second-order valence-corrected chi connectivity index (χ2v) is 2.20. The van der Waals surface area contributed by atoms with Gasteiger partial charge in [-0.3, -0.25) is 0 Å². The lowest BCUT2D eigenvalue weighted by molar-refractivity contribution is -0.389. The third kappa shape index (κ3) is 1.86. The maximum Gasteiger partial charge on any atom is 0.365 e. The van der Waals surface area contributed by atoms with E-state index in [0.29, 0.717) is 0 Å². The lowest BCUT2D eigenvalue weighted by atomic mass is 10.2. The summed E-state index contributed by atoms with van der Waals surface area (Å²) < 4.78 is 24.1. The summed E-state index contributed by atoms with van der Waals surface area (Å²) >= 11 is 0. The molecule has 0 radical (unpaired) electrons. The fraction of sp³-hybridized carbons (Fsp3) is 0.167. The van der Waals surface area contributed by atoms with E-state index >= 15 is 0 Å². The zero-order valence-corrected chi connectivity index (χ0v) is 6.28. The summed E-state index contributed by atoms with van der Waals surface area (Å²) in [5, 5.41) is 10.1. The maximum absolute atomic E-state index is 12.1. The van der Waals surface area contributed by atoms with Crippen LogP contribution in [0.2, 0.25) is 0 Å². The molecule has 2 N–H and O–H groups in total. The molecule has 0 fully saturated rings. The van der Waals surface area contributed by atoms with Crippen molar-refractivity contribution < 1.29 is 13.7 Å². The predicted octanol–water partition coefficient (Wildman–Crippen LogP) is 1.51. The molecule has 0 amide bonds. The Kier molecular flexibility index (Phi) is 2.36. The van der Waals surface area contributed by atoms with Crippen LogP contribution in [0.25, 0.3) is 0 Å².